The van der Waals surface area contributed by atoms with Crippen LogP contribution >= 0.6 is 0 Å². The summed E-state index contributed by atoms with van der Waals surface area (Å²) in [7, 11) is 0. The van der Waals surface area contributed by atoms with E-state index < -0.39 is 11.6 Å². The molecule has 0 heterocycles. The Kier molecular flexibility index (Phi) is 2.94. The fourth-order valence-corrected chi connectivity index (χ4v) is 2.14. The summed E-state index contributed by atoms with van der Waals surface area (Å²) in [4.78, 5) is 11.3. The fraction of sp³-hybridized carbons (Fsp3) is 0.417. The number of fused-ring (bicyclic) bond motifs is 1. The van der Waals surface area contributed by atoms with Gasteiger partial charge in [-0.15, -0.1) is 0 Å². The number of carboxylic acids is 1. The molecule has 0 fully saturated rings. The van der Waals surface area contributed by atoms with E-state index in [1.807, 2.05) is 24.3 Å². The minimum atomic E-state index is -1.19. The minimum absolute atomic E-state index is 0.0558. The predicted octanol–water partition coefficient (Wildman–Crippen LogP) is 0.617. The van der Waals surface area contributed by atoms with E-state index in [0.717, 1.165) is 11.1 Å². The topological polar surface area (TPSA) is 66.8 Å². The SMILES string of the molecule is O=C(O)C1(OCCO)Cc2ccccc2C1. The van der Waals surface area contributed by atoms with Crippen molar-refractivity contribution in [2.75, 3.05) is 13.2 Å². The second kappa shape index (κ2) is 4.23. The molecule has 4 heteroatoms. The highest BCUT2D eigenvalue weighted by molar-refractivity contribution is 5.80. The van der Waals surface area contributed by atoms with E-state index in [1.54, 1.807) is 0 Å². The molecule has 1 aliphatic rings. The van der Waals surface area contributed by atoms with Crippen molar-refractivity contribution in [3.05, 3.63) is 35.4 Å². The highest BCUT2D eigenvalue weighted by Gasteiger charge is 2.45. The highest BCUT2D eigenvalue weighted by atomic mass is 16.5. The lowest BCUT2D eigenvalue weighted by Crippen LogP contribution is -2.43. The number of aliphatic hydroxyl groups is 1. The lowest BCUT2D eigenvalue weighted by atomic mass is 10.0. The molecule has 2 rings (SSSR count). The highest BCUT2D eigenvalue weighted by Crippen LogP contribution is 2.33. The van der Waals surface area contributed by atoms with Gasteiger partial charge in [0.25, 0.3) is 0 Å². The molecule has 0 saturated carbocycles. The van der Waals surface area contributed by atoms with E-state index in [1.165, 1.54) is 0 Å². The Hall–Kier alpha value is -1.39. The number of hydrogen-bond acceptors (Lipinski definition) is 3. The van der Waals surface area contributed by atoms with Crippen LogP contribution in [-0.4, -0.2) is 35.0 Å². The Morgan fingerprint density at radius 1 is 1.31 bits per heavy atom. The monoisotopic (exact) mass is 222 g/mol. The molecule has 0 spiro atoms. The Bertz CT molecular complexity index is 375. The van der Waals surface area contributed by atoms with Gasteiger partial charge in [-0.2, -0.15) is 0 Å². The third-order valence-electron chi connectivity index (χ3n) is 2.93. The van der Waals surface area contributed by atoms with Crippen LogP contribution in [0.3, 0.4) is 0 Å². The molecule has 1 aliphatic carbocycles. The Balaban J connectivity index is 2.24. The Labute approximate surface area is 93.5 Å². The van der Waals surface area contributed by atoms with Gasteiger partial charge in [-0.25, -0.2) is 4.79 Å². The normalized spacial score (nSPS) is 17.1. The number of carboxylic acid groups (broad SMARTS) is 1. The van der Waals surface area contributed by atoms with Crippen LogP contribution in [0.5, 0.6) is 0 Å². The summed E-state index contributed by atoms with van der Waals surface area (Å²) in [6.07, 6.45) is 0.747. The van der Waals surface area contributed by atoms with E-state index in [4.69, 9.17) is 9.84 Å². The number of aliphatic carboxylic acids is 1. The zero-order chi connectivity index (χ0) is 11.6. The van der Waals surface area contributed by atoms with Crippen LogP contribution in [0.2, 0.25) is 0 Å². The Morgan fingerprint density at radius 3 is 2.31 bits per heavy atom. The predicted molar refractivity (Wildman–Crippen MR) is 57.3 cm³/mol. The van der Waals surface area contributed by atoms with Crippen LogP contribution in [0.4, 0.5) is 0 Å². The quantitative estimate of drug-likeness (QED) is 0.783. The van der Waals surface area contributed by atoms with Crippen molar-refractivity contribution in [1.82, 2.24) is 0 Å². The van der Waals surface area contributed by atoms with Crippen LogP contribution < -0.4 is 0 Å². The summed E-state index contributed by atoms with van der Waals surface area (Å²) in [5.74, 6) is -0.961. The molecular formula is C12H14O4. The molecule has 0 bridgehead atoms. The molecule has 1 aromatic rings. The van der Waals surface area contributed by atoms with Gasteiger partial charge in [0, 0.05) is 12.8 Å². The van der Waals surface area contributed by atoms with Crippen LogP contribution in [0.15, 0.2) is 24.3 Å². The maximum absolute atomic E-state index is 11.3. The van der Waals surface area contributed by atoms with Gasteiger partial charge in [-0.3, -0.25) is 0 Å². The zero-order valence-electron chi connectivity index (χ0n) is 8.85. The third kappa shape index (κ3) is 1.81. The van der Waals surface area contributed by atoms with E-state index in [-0.39, 0.29) is 13.2 Å². The lowest BCUT2D eigenvalue weighted by Gasteiger charge is -2.23. The van der Waals surface area contributed by atoms with Crippen molar-refractivity contribution in [2.45, 2.75) is 18.4 Å². The van der Waals surface area contributed by atoms with E-state index in [0.29, 0.717) is 12.8 Å². The minimum Gasteiger partial charge on any atom is -0.479 e. The fourth-order valence-electron chi connectivity index (χ4n) is 2.14. The van der Waals surface area contributed by atoms with Gasteiger partial charge >= 0.3 is 5.97 Å². The largest absolute Gasteiger partial charge is 0.479 e. The number of ether oxygens (including phenoxy) is 1. The van der Waals surface area contributed by atoms with Crippen LogP contribution in [0.25, 0.3) is 0 Å². The Morgan fingerprint density at radius 2 is 1.88 bits per heavy atom. The van der Waals surface area contributed by atoms with Crippen molar-refractivity contribution >= 4 is 5.97 Å². The number of hydrogen-bond donors (Lipinski definition) is 2. The van der Waals surface area contributed by atoms with Gasteiger partial charge in [0.05, 0.1) is 13.2 Å². The maximum atomic E-state index is 11.3. The van der Waals surface area contributed by atoms with Crippen LogP contribution in [0, 0.1) is 0 Å². The molecule has 0 saturated heterocycles. The van der Waals surface area contributed by atoms with Crippen LogP contribution in [-0.2, 0) is 22.4 Å². The molecular weight excluding hydrogens is 208 g/mol. The summed E-state index contributed by atoms with van der Waals surface area (Å²) in [5.41, 5.74) is 0.845. The number of aliphatic hydroxyl groups excluding tert-OH is 1. The lowest BCUT2D eigenvalue weighted by molar-refractivity contribution is -0.165. The molecule has 0 atom stereocenters. The van der Waals surface area contributed by atoms with Crippen molar-refractivity contribution in [2.24, 2.45) is 0 Å². The van der Waals surface area contributed by atoms with Crippen molar-refractivity contribution in [1.29, 1.82) is 0 Å². The van der Waals surface area contributed by atoms with Gasteiger partial charge < -0.3 is 14.9 Å². The van der Waals surface area contributed by atoms with Crippen LogP contribution in [0.1, 0.15) is 11.1 Å². The zero-order valence-corrected chi connectivity index (χ0v) is 8.85. The first-order chi connectivity index (χ1) is 7.68. The van der Waals surface area contributed by atoms with Crippen molar-refractivity contribution < 1.29 is 19.7 Å². The third-order valence-corrected chi connectivity index (χ3v) is 2.93. The van der Waals surface area contributed by atoms with Crippen molar-refractivity contribution in [3.63, 3.8) is 0 Å². The van der Waals surface area contributed by atoms with Gasteiger partial charge in [0.1, 0.15) is 0 Å². The average molecular weight is 222 g/mol. The molecule has 0 unspecified atom stereocenters. The summed E-state index contributed by atoms with van der Waals surface area (Å²) < 4.78 is 5.33. The van der Waals surface area contributed by atoms with Crippen molar-refractivity contribution in [3.8, 4) is 0 Å². The van der Waals surface area contributed by atoms with Gasteiger partial charge in [0.2, 0.25) is 0 Å². The number of benzene rings is 1. The first kappa shape index (κ1) is 11.1. The van der Waals surface area contributed by atoms with Gasteiger partial charge in [-0.05, 0) is 11.1 Å². The number of rotatable bonds is 4. The molecule has 0 aromatic heterocycles. The molecule has 1 aromatic carbocycles. The van der Waals surface area contributed by atoms with E-state index in [2.05, 4.69) is 0 Å². The molecule has 0 aliphatic heterocycles. The van der Waals surface area contributed by atoms with Gasteiger partial charge in [0.15, 0.2) is 5.60 Å². The second-order valence-electron chi connectivity index (χ2n) is 3.99. The second-order valence-corrected chi connectivity index (χ2v) is 3.99. The first-order valence-corrected chi connectivity index (χ1v) is 5.23. The van der Waals surface area contributed by atoms with E-state index >= 15 is 0 Å². The molecule has 0 amide bonds. The maximum Gasteiger partial charge on any atom is 0.336 e. The molecule has 86 valence electrons. The first-order valence-electron chi connectivity index (χ1n) is 5.23. The molecule has 0 radical (unpaired) electrons. The molecule has 16 heavy (non-hydrogen) atoms. The molecule has 2 N–H and O–H groups in total. The smallest absolute Gasteiger partial charge is 0.336 e. The summed E-state index contributed by atoms with van der Waals surface area (Å²) in [5, 5.41) is 18.0. The summed E-state index contributed by atoms with van der Waals surface area (Å²) in [6, 6.07) is 7.62. The summed E-state index contributed by atoms with van der Waals surface area (Å²) in [6.45, 7) is -0.105. The molecule has 4 nitrogen and oxygen atoms in total. The van der Waals surface area contributed by atoms with Gasteiger partial charge in [-0.1, -0.05) is 24.3 Å². The average Bonchev–Trinajstić information content (AvgIpc) is 2.66. The number of carbonyl (C=O) groups is 1. The standard InChI is InChI=1S/C12H14O4/c13-5-6-16-12(11(14)15)7-9-3-1-2-4-10(9)8-12/h1-4,13H,5-8H2,(H,14,15). The summed E-state index contributed by atoms with van der Waals surface area (Å²) >= 11 is 0. The van der Waals surface area contributed by atoms with E-state index in [9.17, 15) is 9.90 Å².